The first kappa shape index (κ1) is 13.9. The topological polar surface area (TPSA) is 49.8 Å². The average Bonchev–Trinajstić information content (AvgIpc) is 2.86. The predicted octanol–water partition coefficient (Wildman–Crippen LogP) is 2.64. The minimum absolute atomic E-state index is 0.232. The van der Waals surface area contributed by atoms with Crippen LogP contribution in [0.25, 0.3) is 0 Å². The highest BCUT2D eigenvalue weighted by Gasteiger charge is 2.22. The predicted molar refractivity (Wildman–Crippen MR) is 73.8 cm³/mol. The van der Waals surface area contributed by atoms with Gasteiger partial charge in [-0.25, -0.2) is 4.79 Å². The molecule has 19 heavy (non-hydrogen) atoms. The molecule has 0 spiro atoms. The lowest BCUT2D eigenvalue weighted by Gasteiger charge is -2.23. The Morgan fingerprint density at radius 3 is 3.00 bits per heavy atom. The smallest absolute Gasteiger partial charge is 0.339 e. The van der Waals surface area contributed by atoms with Crippen LogP contribution >= 0.6 is 0 Å². The van der Waals surface area contributed by atoms with E-state index in [-0.39, 0.29) is 5.56 Å². The van der Waals surface area contributed by atoms with Crippen LogP contribution in [-0.2, 0) is 0 Å². The minimum Gasteiger partial charge on any atom is -0.491 e. The summed E-state index contributed by atoms with van der Waals surface area (Å²) in [6.07, 6.45) is 3.69. The molecule has 0 aromatic heterocycles. The molecule has 0 amide bonds. The van der Waals surface area contributed by atoms with Crippen LogP contribution in [-0.4, -0.2) is 41.7 Å². The number of para-hydroxylation sites is 1. The van der Waals surface area contributed by atoms with Crippen molar-refractivity contribution in [3.05, 3.63) is 29.8 Å². The summed E-state index contributed by atoms with van der Waals surface area (Å²) in [4.78, 5) is 13.5. The number of hydrogen-bond acceptors (Lipinski definition) is 3. The molecule has 2 rings (SSSR count). The third kappa shape index (κ3) is 3.47. The largest absolute Gasteiger partial charge is 0.491 e. The molecule has 104 valence electrons. The first-order valence-electron chi connectivity index (χ1n) is 6.91. The normalized spacial score (nSPS) is 19.5. The van der Waals surface area contributed by atoms with Crippen LogP contribution < -0.4 is 4.74 Å². The van der Waals surface area contributed by atoms with Gasteiger partial charge in [0.15, 0.2) is 0 Å². The second kappa shape index (κ2) is 6.57. The lowest BCUT2D eigenvalue weighted by atomic mass is 10.2. The first-order valence-corrected chi connectivity index (χ1v) is 6.91. The van der Waals surface area contributed by atoms with Crippen molar-refractivity contribution in [2.24, 2.45) is 0 Å². The van der Waals surface area contributed by atoms with Crippen LogP contribution in [0.15, 0.2) is 24.3 Å². The molecule has 1 saturated heterocycles. The van der Waals surface area contributed by atoms with E-state index in [0.29, 0.717) is 18.4 Å². The molecule has 1 aromatic carbocycles. The molecular formula is C15H21NO3. The van der Waals surface area contributed by atoms with Gasteiger partial charge in [0, 0.05) is 12.6 Å². The van der Waals surface area contributed by atoms with Crippen molar-refractivity contribution in [1.82, 2.24) is 4.90 Å². The molecule has 1 fully saturated rings. The Balaban J connectivity index is 1.87. The van der Waals surface area contributed by atoms with Gasteiger partial charge >= 0.3 is 5.97 Å². The Morgan fingerprint density at radius 1 is 1.47 bits per heavy atom. The molecule has 1 unspecified atom stereocenters. The fourth-order valence-electron chi connectivity index (χ4n) is 2.69. The van der Waals surface area contributed by atoms with E-state index in [1.54, 1.807) is 24.3 Å². The van der Waals surface area contributed by atoms with Crippen LogP contribution in [0.1, 0.15) is 36.5 Å². The molecule has 0 bridgehead atoms. The molecule has 1 heterocycles. The van der Waals surface area contributed by atoms with Crippen LogP contribution in [0.5, 0.6) is 5.75 Å². The van der Waals surface area contributed by atoms with Gasteiger partial charge < -0.3 is 9.84 Å². The molecule has 0 aliphatic carbocycles. The number of ether oxygens (including phenoxy) is 1. The van der Waals surface area contributed by atoms with Gasteiger partial charge in [0.25, 0.3) is 0 Å². The quantitative estimate of drug-likeness (QED) is 0.857. The highest BCUT2D eigenvalue weighted by Crippen LogP contribution is 2.20. The standard InChI is InChI=1S/C15H21NO3/c1-2-12-6-5-9-16(12)10-11-19-14-8-4-3-7-13(14)15(17)18/h3-4,7-8,12H,2,5-6,9-11H2,1H3,(H,17,18). The Labute approximate surface area is 114 Å². The summed E-state index contributed by atoms with van der Waals surface area (Å²) in [5, 5.41) is 9.07. The van der Waals surface area contributed by atoms with Crippen molar-refractivity contribution in [2.75, 3.05) is 19.7 Å². The van der Waals surface area contributed by atoms with Gasteiger partial charge in [-0.05, 0) is 37.9 Å². The Hall–Kier alpha value is -1.55. The molecule has 1 aromatic rings. The Morgan fingerprint density at radius 2 is 2.26 bits per heavy atom. The van der Waals surface area contributed by atoms with Gasteiger partial charge in [-0.1, -0.05) is 19.1 Å². The Bertz CT molecular complexity index is 433. The van der Waals surface area contributed by atoms with E-state index in [2.05, 4.69) is 11.8 Å². The maximum atomic E-state index is 11.0. The number of benzene rings is 1. The van der Waals surface area contributed by atoms with E-state index in [1.807, 2.05) is 0 Å². The summed E-state index contributed by atoms with van der Waals surface area (Å²) in [5.41, 5.74) is 0.232. The Kier molecular flexibility index (Phi) is 4.80. The lowest BCUT2D eigenvalue weighted by molar-refractivity contribution is 0.0691. The minimum atomic E-state index is -0.941. The average molecular weight is 263 g/mol. The lowest BCUT2D eigenvalue weighted by Crippen LogP contribution is -2.32. The van der Waals surface area contributed by atoms with Gasteiger partial charge in [-0.2, -0.15) is 0 Å². The van der Waals surface area contributed by atoms with Crippen molar-refractivity contribution in [3.63, 3.8) is 0 Å². The van der Waals surface area contributed by atoms with Crippen LogP contribution in [0.3, 0.4) is 0 Å². The zero-order valence-corrected chi connectivity index (χ0v) is 11.3. The summed E-state index contributed by atoms with van der Waals surface area (Å²) in [6, 6.07) is 7.46. The number of nitrogens with zero attached hydrogens (tertiary/aromatic N) is 1. The molecule has 1 atom stereocenters. The third-order valence-electron chi connectivity index (χ3n) is 3.72. The number of carboxylic acids is 1. The van der Waals surface area contributed by atoms with Gasteiger partial charge in [0.2, 0.25) is 0 Å². The fraction of sp³-hybridized carbons (Fsp3) is 0.533. The van der Waals surface area contributed by atoms with Gasteiger partial charge in [-0.15, -0.1) is 0 Å². The molecule has 0 saturated carbocycles. The zero-order valence-electron chi connectivity index (χ0n) is 11.3. The summed E-state index contributed by atoms with van der Waals surface area (Å²) in [6.45, 7) is 4.75. The van der Waals surface area contributed by atoms with Crippen LogP contribution in [0.4, 0.5) is 0 Å². The molecule has 4 nitrogen and oxygen atoms in total. The first-order chi connectivity index (χ1) is 9.22. The van der Waals surface area contributed by atoms with E-state index in [4.69, 9.17) is 9.84 Å². The van der Waals surface area contributed by atoms with E-state index in [0.717, 1.165) is 13.1 Å². The summed E-state index contributed by atoms with van der Waals surface area (Å²) < 4.78 is 5.63. The monoisotopic (exact) mass is 263 g/mol. The van der Waals surface area contributed by atoms with Crippen molar-refractivity contribution in [2.45, 2.75) is 32.2 Å². The summed E-state index contributed by atoms with van der Waals surface area (Å²) in [7, 11) is 0. The SMILES string of the molecule is CCC1CCCN1CCOc1ccccc1C(=O)O. The fourth-order valence-corrected chi connectivity index (χ4v) is 2.69. The van der Waals surface area contributed by atoms with Gasteiger partial charge in [0.05, 0.1) is 0 Å². The highest BCUT2D eigenvalue weighted by atomic mass is 16.5. The molecular weight excluding hydrogens is 242 g/mol. The number of aromatic carboxylic acids is 1. The third-order valence-corrected chi connectivity index (χ3v) is 3.72. The molecule has 4 heteroatoms. The van der Waals surface area contributed by atoms with E-state index >= 15 is 0 Å². The number of carbonyl (C=O) groups is 1. The van der Waals surface area contributed by atoms with Crippen LogP contribution in [0, 0.1) is 0 Å². The molecule has 1 aliphatic rings. The highest BCUT2D eigenvalue weighted by molar-refractivity contribution is 5.90. The number of carboxylic acid groups (broad SMARTS) is 1. The van der Waals surface area contributed by atoms with E-state index in [9.17, 15) is 4.79 Å². The maximum absolute atomic E-state index is 11.0. The second-order valence-corrected chi connectivity index (χ2v) is 4.89. The van der Waals surface area contributed by atoms with Crippen molar-refractivity contribution in [3.8, 4) is 5.75 Å². The van der Waals surface area contributed by atoms with Gasteiger partial charge in [0.1, 0.15) is 17.9 Å². The van der Waals surface area contributed by atoms with Crippen molar-refractivity contribution >= 4 is 5.97 Å². The molecule has 0 radical (unpaired) electrons. The molecule has 1 aliphatic heterocycles. The van der Waals surface area contributed by atoms with Gasteiger partial charge in [-0.3, -0.25) is 4.90 Å². The second-order valence-electron chi connectivity index (χ2n) is 4.89. The van der Waals surface area contributed by atoms with Crippen molar-refractivity contribution in [1.29, 1.82) is 0 Å². The van der Waals surface area contributed by atoms with Crippen LogP contribution in [0.2, 0.25) is 0 Å². The van der Waals surface area contributed by atoms with Crippen molar-refractivity contribution < 1.29 is 14.6 Å². The number of likely N-dealkylation sites (tertiary alicyclic amines) is 1. The number of hydrogen-bond donors (Lipinski definition) is 1. The summed E-state index contributed by atoms with van der Waals surface area (Å²) in [5.74, 6) is -0.481. The van der Waals surface area contributed by atoms with E-state index < -0.39 is 5.97 Å². The summed E-state index contributed by atoms with van der Waals surface area (Å²) >= 11 is 0. The zero-order chi connectivity index (χ0) is 13.7. The molecule has 1 N–H and O–H groups in total. The number of rotatable bonds is 6. The van der Waals surface area contributed by atoms with E-state index in [1.165, 1.54) is 19.3 Å². The maximum Gasteiger partial charge on any atom is 0.339 e.